The topological polar surface area (TPSA) is 50.7 Å². The summed E-state index contributed by atoms with van der Waals surface area (Å²) in [5, 5.41) is 7.36. The lowest BCUT2D eigenvalue weighted by atomic mass is 10.0. The molecule has 4 aromatic rings. The van der Waals surface area contributed by atoms with E-state index in [9.17, 15) is 0 Å². The Morgan fingerprint density at radius 3 is 2.28 bits per heavy atom. The van der Waals surface area contributed by atoms with E-state index in [1.807, 2.05) is 45.0 Å². The van der Waals surface area contributed by atoms with Gasteiger partial charge in [-0.2, -0.15) is 0 Å². The molecule has 0 atom stereocenters. The molecule has 2 aromatic heterocycles. The third kappa shape index (κ3) is 4.63. The van der Waals surface area contributed by atoms with Gasteiger partial charge in [-0.1, -0.05) is 35.9 Å². The fourth-order valence-corrected chi connectivity index (χ4v) is 3.96. The van der Waals surface area contributed by atoms with Crippen LogP contribution < -0.4 is 5.32 Å². The van der Waals surface area contributed by atoms with Gasteiger partial charge in [-0.05, 0) is 50.6 Å². The van der Waals surface area contributed by atoms with E-state index < -0.39 is 0 Å². The summed E-state index contributed by atoms with van der Waals surface area (Å²) in [6, 6.07) is 16.2. The lowest BCUT2D eigenvalue weighted by Crippen LogP contribution is -2.06. The zero-order chi connectivity index (χ0) is 20.4. The van der Waals surface area contributed by atoms with Gasteiger partial charge in [0.25, 0.3) is 0 Å². The van der Waals surface area contributed by atoms with Crippen LogP contribution in [-0.4, -0.2) is 15.0 Å². The Hall–Kier alpha value is -2.76. The highest BCUT2D eigenvalue weighted by molar-refractivity contribution is 7.09. The molecule has 0 saturated heterocycles. The molecule has 0 bridgehead atoms. The zero-order valence-corrected chi connectivity index (χ0v) is 18.1. The van der Waals surface area contributed by atoms with Gasteiger partial charge in [0.2, 0.25) is 0 Å². The molecule has 2 heterocycles. The van der Waals surface area contributed by atoms with Crippen LogP contribution in [0, 0.1) is 20.8 Å². The van der Waals surface area contributed by atoms with Crippen LogP contribution in [0.5, 0.6) is 0 Å². The number of halogens is 1. The van der Waals surface area contributed by atoms with E-state index in [0.717, 1.165) is 56.3 Å². The van der Waals surface area contributed by atoms with Gasteiger partial charge < -0.3 is 5.32 Å². The number of nitrogens with one attached hydrogen (secondary N) is 1. The summed E-state index contributed by atoms with van der Waals surface area (Å²) < 4.78 is 0. The molecule has 0 amide bonds. The molecule has 0 aliphatic heterocycles. The highest BCUT2D eigenvalue weighted by Gasteiger charge is 2.12. The van der Waals surface area contributed by atoms with Gasteiger partial charge in [0.1, 0.15) is 11.6 Å². The number of nitrogens with zero attached hydrogens (tertiary/aromatic N) is 3. The Labute approximate surface area is 179 Å². The summed E-state index contributed by atoms with van der Waals surface area (Å²) >= 11 is 7.68. The molecule has 1 N–H and O–H groups in total. The van der Waals surface area contributed by atoms with Gasteiger partial charge in [0.05, 0.1) is 10.7 Å². The fraction of sp³-hybridized carbons (Fsp3) is 0.174. The minimum Gasteiger partial charge on any atom is -0.340 e. The van der Waals surface area contributed by atoms with Crippen molar-refractivity contribution >= 4 is 34.4 Å². The van der Waals surface area contributed by atoms with Crippen LogP contribution in [-0.2, 0) is 6.42 Å². The zero-order valence-electron chi connectivity index (χ0n) is 16.5. The molecule has 0 unspecified atom stereocenters. The van der Waals surface area contributed by atoms with Crippen molar-refractivity contribution in [2.24, 2.45) is 0 Å². The van der Waals surface area contributed by atoms with Gasteiger partial charge in [-0.15, -0.1) is 11.3 Å². The Morgan fingerprint density at radius 1 is 0.897 bits per heavy atom. The molecule has 0 radical (unpaired) electrons. The molecule has 146 valence electrons. The van der Waals surface area contributed by atoms with Gasteiger partial charge in [-0.25, -0.2) is 15.0 Å². The third-order valence-electron chi connectivity index (χ3n) is 4.68. The lowest BCUT2D eigenvalue weighted by molar-refractivity contribution is 0.965. The Bertz CT molecular complexity index is 1130. The smallest absolute Gasteiger partial charge is 0.137 e. The van der Waals surface area contributed by atoms with Gasteiger partial charge in [0, 0.05) is 39.3 Å². The van der Waals surface area contributed by atoms with E-state index in [0.29, 0.717) is 0 Å². The van der Waals surface area contributed by atoms with Crippen molar-refractivity contribution in [3.63, 3.8) is 0 Å². The summed E-state index contributed by atoms with van der Waals surface area (Å²) in [6.45, 7) is 5.96. The monoisotopic (exact) mass is 420 g/mol. The highest BCUT2D eigenvalue weighted by atomic mass is 35.5. The summed E-state index contributed by atoms with van der Waals surface area (Å²) in [6.07, 6.45) is 0.738. The predicted molar refractivity (Wildman–Crippen MR) is 121 cm³/mol. The SMILES string of the molecule is Cc1nc(C)c(Cc2ccc(Cl)cc2)c(Nc2ccc(-c3csc(C)n3)cc2)n1. The normalized spacial score (nSPS) is 10.9. The average molecular weight is 421 g/mol. The second kappa shape index (κ2) is 8.31. The van der Waals surface area contributed by atoms with Crippen molar-refractivity contribution in [3.05, 3.63) is 86.6 Å². The number of rotatable bonds is 5. The van der Waals surface area contributed by atoms with E-state index in [1.165, 1.54) is 5.56 Å². The minimum absolute atomic E-state index is 0.736. The van der Waals surface area contributed by atoms with Crippen LogP contribution in [0.15, 0.2) is 53.9 Å². The third-order valence-corrected chi connectivity index (χ3v) is 5.71. The quantitative estimate of drug-likeness (QED) is 0.399. The van der Waals surface area contributed by atoms with Crippen LogP contribution in [0.2, 0.25) is 5.02 Å². The molecule has 4 rings (SSSR count). The van der Waals surface area contributed by atoms with Crippen LogP contribution >= 0.6 is 22.9 Å². The van der Waals surface area contributed by atoms with E-state index in [1.54, 1.807) is 11.3 Å². The maximum absolute atomic E-state index is 6.02. The second-order valence-electron chi connectivity index (χ2n) is 6.94. The number of thiazole rings is 1. The number of anilines is 2. The van der Waals surface area contributed by atoms with Gasteiger partial charge in [-0.3, -0.25) is 0 Å². The van der Waals surface area contributed by atoms with E-state index >= 15 is 0 Å². The molecule has 29 heavy (non-hydrogen) atoms. The summed E-state index contributed by atoms with van der Waals surface area (Å²) in [5.41, 5.74) is 6.33. The van der Waals surface area contributed by atoms with Crippen LogP contribution in [0.25, 0.3) is 11.3 Å². The van der Waals surface area contributed by atoms with Crippen LogP contribution in [0.4, 0.5) is 11.5 Å². The number of hydrogen-bond donors (Lipinski definition) is 1. The molecule has 0 aliphatic carbocycles. The van der Waals surface area contributed by atoms with Crippen molar-refractivity contribution < 1.29 is 0 Å². The van der Waals surface area contributed by atoms with Crippen molar-refractivity contribution in [3.8, 4) is 11.3 Å². The Balaban J connectivity index is 1.61. The Morgan fingerprint density at radius 2 is 1.62 bits per heavy atom. The molecule has 2 aromatic carbocycles. The predicted octanol–water partition coefficient (Wildman–Crippen LogP) is 6.51. The second-order valence-corrected chi connectivity index (χ2v) is 8.44. The first-order valence-corrected chi connectivity index (χ1v) is 10.6. The molecule has 0 aliphatic rings. The molecule has 4 nitrogen and oxygen atoms in total. The van der Waals surface area contributed by atoms with Crippen molar-refractivity contribution in [1.82, 2.24) is 15.0 Å². The number of hydrogen-bond acceptors (Lipinski definition) is 5. The minimum atomic E-state index is 0.736. The van der Waals surface area contributed by atoms with Crippen LogP contribution in [0.3, 0.4) is 0 Å². The molecule has 6 heteroatoms. The first-order chi connectivity index (χ1) is 14.0. The summed E-state index contributed by atoms with van der Waals surface area (Å²) in [4.78, 5) is 13.8. The van der Waals surface area contributed by atoms with Gasteiger partial charge >= 0.3 is 0 Å². The maximum atomic E-state index is 6.02. The molecule has 0 saturated carbocycles. The standard InChI is InChI=1S/C23H21ClN4S/c1-14-21(12-17-4-8-19(24)9-5-17)23(26-15(2)25-14)28-20-10-6-18(7-11-20)22-13-29-16(3)27-22/h4-11,13H,12H2,1-3H3,(H,25,26,28). The maximum Gasteiger partial charge on any atom is 0.137 e. The molecule has 0 fully saturated rings. The van der Waals surface area contributed by atoms with E-state index in [4.69, 9.17) is 11.6 Å². The largest absolute Gasteiger partial charge is 0.340 e. The number of aromatic nitrogens is 3. The first-order valence-electron chi connectivity index (χ1n) is 9.36. The number of benzene rings is 2. The average Bonchev–Trinajstić information content (AvgIpc) is 3.13. The van der Waals surface area contributed by atoms with E-state index in [2.05, 4.69) is 49.9 Å². The lowest BCUT2D eigenvalue weighted by Gasteiger charge is -2.15. The van der Waals surface area contributed by atoms with Crippen molar-refractivity contribution in [2.45, 2.75) is 27.2 Å². The summed E-state index contributed by atoms with van der Waals surface area (Å²) in [5.74, 6) is 1.58. The van der Waals surface area contributed by atoms with Crippen molar-refractivity contribution in [1.29, 1.82) is 0 Å². The fourth-order valence-electron chi connectivity index (χ4n) is 3.21. The molecular formula is C23H21ClN4S. The highest BCUT2D eigenvalue weighted by Crippen LogP contribution is 2.27. The molecular weight excluding hydrogens is 400 g/mol. The Kier molecular flexibility index (Phi) is 5.60. The number of aryl methyl sites for hydroxylation is 3. The first kappa shape index (κ1) is 19.6. The van der Waals surface area contributed by atoms with Gasteiger partial charge in [0.15, 0.2) is 0 Å². The summed E-state index contributed by atoms with van der Waals surface area (Å²) in [7, 11) is 0. The van der Waals surface area contributed by atoms with Crippen LogP contribution in [0.1, 0.15) is 27.7 Å². The van der Waals surface area contributed by atoms with Crippen molar-refractivity contribution in [2.75, 3.05) is 5.32 Å². The van der Waals surface area contributed by atoms with E-state index in [-0.39, 0.29) is 0 Å². The molecule has 0 spiro atoms.